The Morgan fingerprint density at radius 2 is 1.36 bits per heavy atom. The third-order valence-corrected chi connectivity index (χ3v) is 4.59. The lowest BCUT2D eigenvalue weighted by atomic mass is 9.99. The first-order valence-corrected chi connectivity index (χ1v) is 9.53. The minimum atomic E-state index is -1.68. The molecule has 7 nitrogen and oxygen atoms in total. The number of carboxylic acids is 1. The molecule has 1 aliphatic rings. The van der Waals surface area contributed by atoms with Gasteiger partial charge in [0, 0.05) is 6.61 Å². The van der Waals surface area contributed by atoms with E-state index in [1.807, 2.05) is 0 Å². The molecule has 1 fully saturated rings. The Kier molecular flexibility index (Phi) is 11.2. The highest BCUT2D eigenvalue weighted by atomic mass is 16.7. The molecule has 0 bridgehead atoms. The lowest BCUT2D eigenvalue weighted by Gasteiger charge is -2.38. The molecular weight excluding hydrogens is 328 g/mol. The molecule has 0 saturated carbocycles. The molecule has 1 aliphatic heterocycles. The minimum absolute atomic E-state index is 0.313. The molecule has 148 valence electrons. The zero-order valence-corrected chi connectivity index (χ0v) is 15.2. The molecule has 0 spiro atoms. The second-order valence-corrected chi connectivity index (χ2v) is 6.79. The first-order chi connectivity index (χ1) is 12.0. The molecule has 25 heavy (non-hydrogen) atoms. The van der Waals surface area contributed by atoms with Crippen LogP contribution in [-0.4, -0.2) is 63.7 Å². The summed E-state index contributed by atoms with van der Waals surface area (Å²) in [4.78, 5) is 11.0. The van der Waals surface area contributed by atoms with Gasteiger partial charge in [-0.15, -0.1) is 0 Å². The SMILES string of the molecule is CCCCCCCCCCCCO[C@H]1O[C@H](C(=O)O)[C@@H](O)[C@H](O)[C@H]1O. The van der Waals surface area contributed by atoms with Crippen molar-refractivity contribution in [3.05, 3.63) is 0 Å². The van der Waals surface area contributed by atoms with E-state index < -0.39 is 36.7 Å². The van der Waals surface area contributed by atoms with Gasteiger partial charge in [0.05, 0.1) is 0 Å². The highest BCUT2D eigenvalue weighted by Crippen LogP contribution is 2.22. The molecule has 0 aromatic rings. The summed E-state index contributed by atoms with van der Waals surface area (Å²) in [7, 11) is 0. The summed E-state index contributed by atoms with van der Waals surface area (Å²) < 4.78 is 10.4. The van der Waals surface area contributed by atoms with Crippen molar-refractivity contribution < 1.29 is 34.7 Å². The average molecular weight is 362 g/mol. The Morgan fingerprint density at radius 1 is 0.840 bits per heavy atom. The Bertz CT molecular complexity index is 363. The number of carbonyl (C=O) groups is 1. The van der Waals surface area contributed by atoms with Crippen molar-refractivity contribution >= 4 is 5.97 Å². The van der Waals surface area contributed by atoms with Gasteiger partial charge in [0.15, 0.2) is 12.4 Å². The monoisotopic (exact) mass is 362 g/mol. The van der Waals surface area contributed by atoms with Crippen molar-refractivity contribution in [3.63, 3.8) is 0 Å². The van der Waals surface area contributed by atoms with Crippen molar-refractivity contribution in [2.24, 2.45) is 0 Å². The number of aliphatic hydroxyl groups excluding tert-OH is 3. The van der Waals surface area contributed by atoms with E-state index in [0.29, 0.717) is 6.61 Å². The van der Waals surface area contributed by atoms with E-state index in [9.17, 15) is 20.1 Å². The second-order valence-electron chi connectivity index (χ2n) is 6.79. The van der Waals surface area contributed by atoms with Gasteiger partial charge in [0.1, 0.15) is 18.3 Å². The first-order valence-electron chi connectivity index (χ1n) is 9.53. The number of unbranched alkanes of at least 4 members (excludes halogenated alkanes) is 9. The van der Waals surface area contributed by atoms with Crippen LogP contribution in [0.5, 0.6) is 0 Å². The van der Waals surface area contributed by atoms with Gasteiger partial charge in [0.25, 0.3) is 0 Å². The van der Waals surface area contributed by atoms with E-state index in [1.54, 1.807) is 0 Å². The molecule has 0 aromatic heterocycles. The highest BCUT2D eigenvalue weighted by molar-refractivity contribution is 5.73. The summed E-state index contributed by atoms with van der Waals surface area (Å²) in [6, 6.07) is 0. The third kappa shape index (κ3) is 8.00. The summed E-state index contributed by atoms with van der Waals surface area (Å²) >= 11 is 0. The van der Waals surface area contributed by atoms with E-state index in [-0.39, 0.29) is 0 Å². The van der Waals surface area contributed by atoms with Gasteiger partial charge in [-0.3, -0.25) is 0 Å². The van der Waals surface area contributed by atoms with Crippen molar-refractivity contribution in [3.8, 4) is 0 Å². The third-order valence-electron chi connectivity index (χ3n) is 4.59. The van der Waals surface area contributed by atoms with Crippen LogP contribution in [0, 0.1) is 0 Å². The van der Waals surface area contributed by atoms with E-state index in [2.05, 4.69) is 6.92 Å². The van der Waals surface area contributed by atoms with Crippen LogP contribution in [0.15, 0.2) is 0 Å². The maximum absolute atomic E-state index is 11.0. The van der Waals surface area contributed by atoms with E-state index in [4.69, 9.17) is 14.6 Å². The number of hydrogen-bond donors (Lipinski definition) is 4. The van der Waals surface area contributed by atoms with Crippen LogP contribution in [0.2, 0.25) is 0 Å². The van der Waals surface area contributed by atoms with Gasteiger partial charge in [-0.1, -0.05) is 64.7 Å². The molecule has 0 aliphatic carbocycles. The van der Waals surface area contributed by atoms with Crippen LogP contribution in [0.4, 0.5) is 0 Å². The molecule has 0 amide bonds. The normalized spacial score (nSPS) is 29.7. The summed E-state index contributed by atoms with van der Waals surface area (Å²) in [6.07, 6.45) is 4.26. The highest BCUT2D eigenvalue weighted by Gasteiger charge is 2.47. The van der Waals surface area contributed by atoms with Crippen LogP contribution in [0.3, 0.4) is 0 Å². The van der Waals surface area contributed by atoms with Crippen molar-refractivity contribution in [1.82, 2.24) is 0 Å². The predicted octanol–water partition coefficient (Wildman–Crippen LogP) is 1.82. The quantitative estimate of drug-likeness (QED) is 0.369. The summed E-state index contributed by atoms with van der Waals surface area (Å²) in [5.41, 5.74) is 0. The van der Waals surface area contributed by atoms with Crippen LogP contribution < -0.4 is 0 Å². The van der Waals surface area contributed by atoms with Crippen molar-refractivity contribution in [2.45, 2.75) is 102 Å². The van der Waals surface area contributed by atoms with Crippen molar-refractivity contribution in [2.75, 3.05) is 6.61 Å². The van der Waals surface area contributed by atoms with Crippen LogP contribution >= 0.6 is 0 Å². The Balaban J connectivity index is 2.10. The molecule has 0 radical (unpaired) electrons. The van der Waals surface area contributed by atoms with Gasteiger partial charge >= 0.3 is 5.97 Å². The lowest BCUT2D eigenvalue weighted by Crippen LogP contribution is -2.60. The lowest BCUT2D eigenvalue weighted by molar-refractivity contribution is -0.294. The van der Waals surface area contributed by atoms with Crippen LogP contribution in [0.25, 0.3) is 0 Å². The number of rotatable bonds is 13. The Hall–Kier alpha value is -0.730. The van der Waals surface area contributed by atoms with E-state index in [1.165, 1.54) is 44.9 Å². The van der Waals surface area contributed by atoms with Crippen LogP contribution in [-0.2, 0) is 14.3 Å². The average Bonchev–Trinajstić information content (AvgIpc) is 2.59. The van der Waals surface area contributed by atoms with Crippen molar-refractivity contribution in [1.29, 1.82) is 0 Å². The topological polar surface area (TPSA) is 116 Å². The number of aliphatic hydroxyl groups is 3. The number of hydrogen-bond acceptors (Lipinski definition) is 6. The predicted molar refractivity (Wildman–Crippen MR) is 92.1 cm³/mol. The molecule has 1 rings (SSSR count). The summed E-state index contributed by atoms with van der Waals surface area (Å²) in [5.74, 6) is -1.40. The van der Waals surface area contributed by atoms with Gasteiger partial charge in [-0.25, -0.2) is 4.79 Å². The number of carboxylic acid groups (broad SMARTS) is 1. The Morgan fingerprint density at radius 3 is 1.88 bits per heavy atom. The van der Waals surface area contributed by atoms with Gasteiger partial charge in [-0.2, -0.15) is 0 Å². The maximum atomic E-state index is 11.0. The molecular formula is C18H34O7. The standard InChI is InChI=1S/C18H34O7/c1-2-3-4-5-6-7-8-9-10-11-12-24-18-15(21)13(19)14(20)16(25-18)17(22)23/h13-16,18-21H,2-12H2,1H3,(H,22,23)/t13-,14-,15+,16-,18-/m0/s1. The molecule has 0 aromatic carbocycles. The number of aliphatic carboxylic acids is 1. The summed E-state index contributed by atoms with van der Waals surface area (Å²) in [5, 5.41) is 38.0. The second kappa shape index (κ2) is 12.6. The fourth-order valence-corrected chi connectivity index (χ4v) is 2.98. The minimum Gasteiger partial charge on any atom is -0.479 e. The molecule has 4 N–H and O–H groups in total. The van der Waals surface area contributed by atoms with Gasteiger partial charge < -0.3 is 29.9 Å². The van der Waals surface area contributed by atoms with E-state index >= 15 is 0 Å². The fraction of sp³-hybridized carbons (Fsp3) is 0.944. The molecule has 5 atom stereocenters. The molecule has 7 heteroatoms. The van der Waals surface area contributed by atoms with Gasteiger partial charge in [-0.05, 0) is 6.42 Å². The zero-order chi connectivity index (χ0) is 18.7. The molecule has 1 saturated heterocycles. The fourth-order valence-electron chi connectivity index (χ4n) is 2.98. The van der Waals surface area contributed by atoms with E-state index in [0.717, 1.165) is 19.3 Å². The first kappa shape index (κ1) is 22.3. The zero-order valence-electron chi connectivity index (χ0n) is 15.2. The summed E-state index contributed by atoms with van der Waals surface area (Å²) in [6.45, 7) is 2.53. The Labute approximate surface area is 150 Å². The largest absolute Gasteiger partial charge is 0.479 e. The van der Waals surface area contributed by atoms with Crippen LogP contribution in [0.1, 0.15) is 71.1 Å². The van der Waals surface area contributed by atoms with Gasteiger partial charge in [0.2, 0.25) is 0 Å². The molecule has 1 heterocycles. The smallest absolute Gasteiger partial charge is 0.335 e. The maximum Gasteiger partial charge on any atom is 0.335 e. The number of ether oxygens (including phenoxy) is 2. The molecule has 0 unspecified atom stereocenters.